The molecular formula is C12H16FNO. The van der Waals surface area contributed by atoms with Gasteiger partial charge in [0.05, 0.1) is 6.10 Å². The summed E-state index contributed by atoms with van der Waals surface area (Å²) in [6, 6.07) is 6.43. The number of ether oxygens (including phenoxy) is 1. The molecule has 2 unspecified atom stereocenters. The molecule has 1 aromatic carbocycles. The molecule has 1 heterocycles. The van der Waals surface area contributed by atoms with Crippen LogP contribution in [0.1, 0.15) is 30.9 Å². The van der Waals surface area contributed by atoms with Gasteiger partial charge >= 0.3 is 0 Å². The molecule has 0 aromatic heterocycles. The zero-order valence-corrected chi connectivity index (χ0v) is 8.66. The SMILES string of the molecule is NC(CC1CCCO1)c1ccccc1F. The first-order chi connectivity index (χ1) is 7.27. The molecule has 0 aliphatic carbocycles. The molecule has 2 rings (SSSR count). The second-order valence-electron chi connectivity index (χ2n) is 4.00. The van der Waals surface area contributed by atoms with Crippen LogP contribution in [0.2, 0.25) is 0 Å². The van der Waals surface area contributed by atoms with E-state index in [4.69, 9.17) is 10.5 Å². The summed E-state index contributed by atoms with van der Waals surface area (Å²) in [5.41, 5.74) is 6.55. The van der Waals surface area contributed by atoms with Crippen LogP contribution in [0.15, 0.2) is 24.3 Å². The molecule has 3 heteroatoms. The molecular weight excluding hydrogens is 193 g/mol. The van der Waals surface area contributed by atoms with E-state index in [-0.39, 0.29) is 18.0 Å². The number of nitrogens with two attached hydrogens (primary N) is 1. The zero-order chi connectivity index (χ0) is 10.7. The second kappa shape index (κ2) is 4.73. The molecule has 82 valence electrons. The Labute approximate surface area is 89.2 Å². The van der Waals surface area contributed by atoms with Gasteiger partial charge in [0, 0.05) is 18.2 Å². The van der Waals surface area contributed by atoms with Gasteiger partial charge in [-0.2, -0.15) is 0 Å². The highest BCUT2D eigenvalue weighted by Gasteiger charge is 2.20. The van der Waals surface area contributed by atoms with Gasteiger partial charge in [-0.25, -0.2) is 4.39 Å². The standard InChI is InChI=1S/C12H16FNO/c13-11-6-2-1-5-10(11)12(14)8-9-4-3-7-15-9/h1-2,5-6,9,12H,3-4,7-8,14H2. The summed E-state index contributed by atoms with van der Waals surface area (Å²) >= 11 is 0. The third-order valence-electron chi connectivity index (χ3n) is 2.85. The van der Waals surface area contributed by atoms with Crippen LogP contribution in [0.5, 0.6) is 0 Å². The van der Waals surface area contributed by atoms with Gasteiger partial charge in [-0.3, -0.25) is 0 Å². The first kappa shape index (κ1) is 10.6. The van der Waals surface area contributed by atoms with Crippen molar-refractivity contribution < 1.29 is 9.13 Å². The van der Waals surface area contributed by atoms with E-state index in [1.54, 1.807) is 12.1 Å². The summed E-state index contributed by atoms with van der Waals surface area (Å²) < 4.78 is 18.9. The molecule has 1 aliphatic rings. The van der Waals surface area contributed by atoms with Gasteiger partial charge in [0.25, 0.3) is 0 Å². The number of rotatable bonds is 3. The summed E-state index contributed by atoms with van der Waals surface area (Å²) in [6.07, 6.45) is 3.05. The van der Waals surface area contributed by atoms with Gasteiger partial charge in [-0.05, 0) is 25.3 Å². The van der Waals surface area contributed by atoms with E-state index < -0.39 is 0 Å². The fourth-order valence-corrected chi connectivity index (χ4v) is 2.02. The molecule has 0 radical (unpaired) electrons. The van der Waals surface area contributed by atoms with Crippen LogP contribution in [0.25, 0.3) is 0 Å². The van der Waals surface area contributed by atoms with Crippen molar-refractivity contribution >= 4 is 0 Å². The molecule has 1 aliphatic heterocycles. The van der Waals surface area contributed by atoms with Crippen molar-refractivity contribution in [3.63, 3.8) is 0 Å². The predicted octanol–water partition coefficient (Wildman–Crippen LogP) is 2.39. The second-order valence-corrected chi connectivity index (χ2v) is 4.00. The maximum absolute atomic E-state index is 13.4. The Bertz CT molecular complexity index is 323. The van der Waals surface area contributed by atoms with Crippen LogP contribution in [0.3, 0.4) is 0 Å². The molecule has 2 nitrogen and oxygen atoms in total. The van der Waals surface area contributed by atoms with Crippen molar-refractivity contribution in [1.82, 2.24) is 0 Å². The van der Waals surface area contributed by atoms with Gasteiger partial charge in [0.2, 0.25) is 0 Å². The Morgan fingerprint density at radius 3 is 2.93 bits per heavy atom. The van der Waals surface area contributed by atoms with Crippen LogP contribution in [-0.4, -0.2) is 12.7 Å². The van der Waals surface area contributed by atoms with Crippen molar-refractivity contribution in [1.29, 1.82) is 0 Å². The van der Waals surface area contributed by atoms with E-state index in [0.29, 0.717) is 12.0 Å². The lowest BCUT2D eigenvalue weighted by atomic mass is 10.00. The molecule has 15 heavy (non-hydrogen) atoms. The van der Waals surface area contributed by atoms with Gasteiger partial charge < -0.3 is 10.5 Å². The van der Waals surface area contributed by atoms with E-state index in [0.717, 1.165) is 19.4 Å². The summed E-state index contributed by atoms with van der Waals surface area (Å²) in [6.45, 7) is 0.814. The number of hydrogen-bond acceptors (Lipinski definition) is 2. The maximum atomic E-state index is 13.4. The summed E-state index contributed by atoms with van der Waals surface area (Å²) in [5.74, 6) is -0.219. The van der Waals surface area contributed by atoms with E-state index in [1.807, 2.05) is 6.07 Å². The summed E-state index contributed by atoms with van der Waals surface area (Å²) in [5, 5.41) is 0. The van der Waals surface area contributed by atoms with Crippen LogP contribution in [0, 0.1) is 5.82 Å². The zero-order valence-electron chi connectivity index (χ0n) is 8.66. The van der Waals surface area contributed by atoms with E-state index in [1.165, 1.54) is 6.07 Å². The molecule has 0 saturated carbocycles. The largest absolute Gasteiger partial charge is 0.378 e. The highest BCUT2D eigenvalue weighted by Crippen LogP contribution is 2.24. The molecule has 2 N–H and O–H groups in total. The molecule has 0 amide bonds. The molecule has 1 saturated heterocycles. The minimum Gasteiger partial charge on any atom is -0.378 e. The van der Waals surface area contributed by atoms with Crippen LogP contribution in [0.4, 0.5) is 4.39 Å². The minimum absolute atomic E-state index is 0.208. The highest BCUT2D eigenvalue weighted by atomic mass is 19.1. The lowest BCUT2D eigenvalue weighted by Gasteiger charge is -2.16. The minimum atomic E-state index is -0.255. The molecule has 0 bridgehead atoms. The van der Waals surface area contributed by atoms with E-state index in [9.17, 15) is 4.39 Å². The van der Waals surface area contributed by atoms with Crippen molar-refractivity contribution in [3.8, 4) is 0 Å². The lowest BCUT2D eigenvalue weighted by Crippen LogP contribution is -2.19. The molecule has 0 spiro atoms. The van der Waals surface area contributed by atoms with E-state index in [2.05, 4.69) is 0 Å². The number of benzene rings is 1. The van der Waals surface area contributed by atoms with Crippen molar-refractivity contribution in [3.05, 3.63) is 35.6 Å². The van der Waals surface area contributed by atoms with E-state index >= 15 is 0 Å². The molecule has 2 atom stereocenters. The Hall–Kier alpha value is -0.930. The number of hydrogen-bond donors (Lipinski definition) is 1. The molecule has 1 aromatic rings. The average molecular weight is 209 g/mol. The fourth-order valence-electron chi connectivity index (χ4n) is 2.02. The highest BCUT2D eigenvalue weighted by molar-refractivity contribution is 5.20. The first-order valence-corrected chi connectivity index (χ1v) is 5.39. The van der Waals surface area contributed by atoms with Gasteiger partial charge in [-0.15, -0.1) is 0 Å². The van der Waals surface area contributed by atoms with Crippen molar-refractivity contribution in [2.75, 3.05) is 6.61 Å². The first-order valence-electron chi connectivity index (χ1n) is 5.39. The van der Waals surface area contributed by atoms with Crippen LogP contribution < -0.4 is 5.73 Å². The van der Waals surface area contributed by atoms with Crippen LogP contribution in [-0.2, 0) is 4.74 Å². The van der Waals surface area contributed by atoms with Gasteiger partial charge in [-0.1, -0.05) is 18.2 Å². The van der Waals surface area contributed by atoms with Gasteiger partial charge in [0.15, 0.2) is 0 Å². The average Bonchev–Trinajstić information content (AvgIpc) is 2.71. The van der Waals surface area contributed by atoms with Crippen molar-refractivity contribution in [2.24, 2.45) is 5.73 Å². The monoisotopic (exact) mass is 209 g/mol. The third kappa shape index (κ3) is 2.55. The summed E-state index contributed by atoms with van der Waals surface area (Å²) in [4.78, 5) is 0. The Morgan fingerprint density at radius 1 is 1.47 bits per heavy atom. The topological polar surface area (TPSA) is 35.2 Å². The Morgan fingerprint density at radius 2 is 2.27 bits per heavy atom. The van der Waals surface area contributed by atoms with Gasteiger partial charge in [0.1, 0.15) is 5.82 Å². The van der Waals surface area contributed by atoms with Crippen molar-refractivity contribution in [2.45, 2.75) is 31.4 Å². The van der Waals surface area contributed by atoms with Crippen LogP contribution >= 0.6 is 0 Å². The molecule has 1 fully saturated rings. The third-order valence-corrected chi connectivity index (χ3v) is 2.85. The smallest absolute Gasteiger partial charge is 0.127 e. The predicted molar refractivity (Wildman–Crippen MR) is 56.9 cm³/mol. The Kier molecular flexibility index (Phi) is 3.34. The maximum Gasteiger partial charge on any atom is 0.127 e. The Balaban J connectivity index is 2.00. The summed E-state index contributed by atoms with van der Waals surface area (Å²) in [7, 11) is 0. The number of halogens is 1. The fraction of sp³-hybridized carbons (Fsp3) is 0.500. The lowest BCUT2D eigenvalue weighted by molar-refractivity contribution is 0.0980. The normalized spacial score (nSPS) is 22.9. The quantitative estimate of drug-likeness (QED) is 0.829.